The maximum atomic E-state index is 12.8. The highest BCUT2D eigenvalue weighted by Crippen LogP contribution is 2.49. The SMILES string of the molecule is COc1ccc(C2CC(=O)N(C)c3ccc4ccccc4c32)c(OC)c1OC. The van der Waals surface area contributed by atoms with E-state index >= 15 is 0 Å². The van der Waals surface area contributed by atoms with Crippen molar-refractivity contribution in [2.45, 2.75) is 12.3 Å². The minimum Gasteiger partial charge on any atom is -0.493 e. The molecule has 0 aromatic heterocycles. The highest BCUT2D eigenvalue weighted by Gasteiger charge is 2.34. The molecule has 5 heteroatoms. The molecule has 0 saturated heterocycles. The topological polar surface area (TPSA) is 48.0 Å². The number of ether oxygens (including phenoxy) is 3. The van der Waals surface area contributed by atoms with Gasteiger partial charge in [-0.1, -0.05) is 36.4 Å². The van der Waals surface area contributed by atoms with Gasteiger partial charge in [-0.05, 0) is 28.5 Å². The minimum atomic E-state index is -0.139. The summed E-state index contributed by atoms with van der Waals surface area (Å²) in [6, 6.07) is 16.2. The summed E-state index contributed by atoms with van der Waals surface area (Å²) in [4.78, 5) is 14.5. The van der Waals surface area contributed by atoms with Crippen LogP contribution in [0, 0.1) is 0 Å². The van der Waals surface area contributed by atoms with Crippen molar-refractivity contribution in [2.24, 2.45) is 0 Å². The van der Waals surface area contributed by atoms with Gasteiger partial charge in [-0.25, -0.2) is 0 Å². The highest BCUT2D eigenvalue weighted by molar-refractivity contribution is 6.03. The van der Waals surface area contributed by atoms with Crippen LogP contribution >= 0.6 is 0 Å². The van der Waals surface area contributed by atoms with Crippen molar-refractivity contribution in [3.8, 4) is 17.2 Å². The molecule has 0 aliphatic carbocycles. The fraction of sp³-hybridized carbons (Fsp3) is 0.261. The Morgan fingerprint density at radius 2 is 1.64 bits per heavy atom. The zero-order valence-corrected chi connectivity index (χ0v) is 16.5. The predicted molar refractivity (Wildman–Crippen MR) is 110 cm³/mol. The smallest absolute Gasteiger partial charge is 0.227 e. The van der Waals surface area contributed by atoms with Gasteiger partial charge < -0.3 is 19.1 Å². The molecule has 3 aromatic rings. The van der Waals surface area contributed by atoms with E-state index in [-0.39, 0.29) is 11.8 Å². The molecule has 1 amide bonds. The van der Waals surface area contributed by atoms with Crippen LogP contribution in [0.4, 0.5) is 5.69 Å². The lowest BCUT2D eigenvalue weighted by molar-refractivity contribution is -0.118. The van der Waals surface area contributed by atoms with Gasteiger partial charge >= 0.3 is 0 Å². The third-order valence-corrected chi connectivity index (χ3v) is 5.52. The Hall–Kier alpha value is -3.21. The Labute approximate surface area is 164 Å². The number of amides is 1. The lowest BCUT2D eigenvalue weighted by Gasteiger charge is -2.34. The molecular weight excluding hydrogens is 354 g/mol. The quantitative estimate of drug-likeness (QED) is 0.678. The first kappa shape index (κ1) is 18.2. The number of nitrogens with zero attached hydrogens (tertiary/aromatic N) is 1. The molecule has 28 heavy (non-hydrogen) atoms. The molecule has 0 saturated carbocycles. The summed E-state index contributed by atoms with van der Waals surface area (Å²) in [6.07, 6.45) is 0.364. The van der Waals surface area contributed by atoms with Crippen LogP contribution in [0.25, 0.3) is 10.8 Å². The van der Waals surface area contributed by atoms with Gasteiger partial charge in [0.05, 0.1) is 21.3 Å². The van der Waals surface area contributed by atoms with Gasteiger partial charge in [0.1, 0.15) is 0 Å². The van der Waals surface area contributed by atoms with E-state index in [1.807, 2.05) is 37.4 Å². The van der Waals surface area contributed by atoms with Gasteiger partial charge in [-0.2, -0.15) is 0 Å². The number of methoxy groups -OCH3 is 3. The van der Waals surface area contributed by atoms with Crippen LogP contribution in [0.3, 0.4) is 0 Å². The molecule has 1 unspecified atom stereocenters. The molecule has 3 aromatic carbocycles. The summed E-state index contributed by atoms with van der Waals surface area (Å²) in [5.74, 6) is 1.67. The van der Waals surface area contributed by atoms with Gasteiger partial charge in [0.25, 0.3) is 0 Å². The molecule has 0 N–H and O–H groups in total. The zero-order chi connectivity index (χ0) is 19.8. The van der Waals surface area contributed by atoms with Crippen LogP contribution in [-0.4, -0.2) is 34.3 Å². The normalized spacial score (nSPS) is 16.1. The third kappa shape index (κ3) is 2.66. The number of carbonyl (C=O) groups excluding carboxylic acids is 1. The molecule has 1 heterocycles. The first-order valence-corrected chi connectivity index (χ1v) is 9.17. The van der Waals surface area contributed by atoms with E-state index in [2.05, 4.69) is 18.2 Å². The Morgan fingerprint density at radius 3 is 2.36 bits per heavy atom. The van der Waals surface area contributed by atoms with E-state index in [1.165, 1.54) is 0 Å². The molecule has 4 rings (SSSR count). The van der Waals surface area contributed by atoms with E-state index in [0.717, 1.165) is 27.6 Å². The average Bonchev–Trinajstić information content (AvgIpc) is 2.74. The van der Waals surface area contributed by atoms with Crippen LogP contribution in [0.5, 0.6) is 17.2 Å². The van der Waals surface area contributed by atoms with Crippen molar-refractivity contribution in [1.82, 2.24) is 0 Å². The van der Waals surface area contributed by atoms with E-state index in [0.29, 0.717) is 23.7 Å². The number of anilines is 1. The fourth-order valence-electron chi connectivity index (χ4n) is 4.16. The van der Waals surface area contributed by atoms with Crippen LogP contribution in [0.2, 0.25) is 0 Å². The molecule has 0 fully saturated rings. The molecule has 0 radical (unpaired) electrons. The summed E-state index contributed by atoms with van der Waals surface area (Å²) in [5, 5.41) is 2.29. The van der Waals surface area contributed by atoms with Crippen molar-refractivity contribution in [1.29, 1.82) is 0 Å². The maximum Gasteiger partial charge on any atom is 0.227 e. The first-order valence-electron chi connectivity index (χ1n) is 9.17. The van der Waals surface area contributed by atoms with Crippen molar-refractivity contribution in [3.05, 3.63) is 59.7 Å². The predicted octanol–water partition coefficient (Wildman–Crippen LogP) is 4.36. The van der Waals surface area contributed by atoms with E-state index < -0.39 is 0 Å². The first-order chi connectivity index (χ1) is 13.6. The van der Waals surface area contributed by atoms with Crippen molar-refractivity contribution in [3.63, 3.8) is 0 Å². The van der Waals surface area contributed by atoms with Crippen LogP contribution in [-0.2, 0) is 4.79 Å². The van der Waals surface area contributed by atoms with Crippen molar-refractivity contribution in [2.75, 3.05) is 33.3 Å². The van der Waals surface area contributed by atoms with Gasteiger partial charge in [0.2, 0.25) is 11.7 Å². The lowest BCUT2D eigenvalue weighted by atomic mass is 9.81. The van der Waals surface area contributed by atoms with E-state index in [1.54, 1.807) is 26.2 Å². The molecule has 0 spiro atoms. The molecule has 1 atom stereocenters. The van der Waals surface area contributed by atoms with Crippen LogP contribution in [0.1, 0.15) is 23.5 Å². The second-order valence-electron chi connectivity index (χ2n) is 6.85. The summed E-state index contributed by atoms with van der Waals surface area (Å²) < 4.78 is 16.7. The average molecular weight is 377 g/mol. The molecule has 1 aliphatic heterocycles. The fourth-order valence-corrected chi connectivity index (χ4v) is 4.16. The standard InChI is InChI=1S/C23H23NO4/c1-24-18-11-9-14-7-5-6-8-15(14)21(18)17(13-20(24)25)16-10-12-19(26-2)23(28-4)22(16)27-3/h5-12,17H,13H2,1-4H3. The minimum absolute atomic E-state index is 0.0737. The summed E-state index contributed by atoms with van der Waals surface area (Å²) in [5.41, 5.74) is 2.97. The van der Waals surface area contributed by atoms with E-state index in [4.69, 9.17) is 14.2 Å². The van der Waals surface area contributed by atoms with Gasteiger partial charge in [-0.3, -0.25) is 4.79 Å². The van der Waals surface area contributed by atoms with Gasteiger partial charge in [0.15, 0.2) is 11.5 Å². The lowest BCUT2D eigenvalue weighted by Crippen LogP contribution is -2.33. The third-order valence-electron chi connectivity index (χ3n) is 5.52. The molecule has 1 aliphatic rings. The number of hydrogen-bond acceptors (Lipinski definition) is 4. The maximum absolute atomic E-state index is 12.8. The highest BCUT2D eigenvalue weighted by atomic mass is 16.5. The molecule has 144 valence electrons. The number of fused-ring (bicyclic) bond motifs is 3. The Bertz CT molecular complexity index is 1060. The number of benzene rings is 3. The summed E-state index contributed by atoms with van der Waals surface area (Å²) in [6.45, 7) is 0. The monoisotopic (exact) mass is 377 g/mol. The van der Waals surface area contributed by atoms with Gasteiger partial charge in [0, 0.05) is 30.6 Å². The van der Waals surface area contributed by atoms with Crippen molar-refractivity contribution < 1.29 is 19.0 Å². The number of hydrogen-bond donors (Lipinski definition) is 0. The largest absolute Gasteiger partial charge is 0.493 e. The zero-order valence-electron chi connectivity index (χ0n) is 16.5. The Balaban J connectivity index is 2.02. The number of carbonyl (C=O) groups is 1. The Kier molecular flexibility index (Phi) is 4.59. The van der Waals surface area contributed by atoms with Gasteiger partial charge in [-0.15, -0.1) is 0 Å². The second-order valence-corrected chi connectivity index (χ2v) is 6.85. The van der Waals surface area contributed by atoms with Crippen LogP contribution in [0.15, 0.2) is 48.5 Å². The number of rotatable bonds is 4. The Morgan fingerprint density at radius 1 is 0.893 bits per heavy atom. The molecule has 0 bridgehead atoms. The van der Waals surface area contributed by atoms with Crippen LogP contribution < -0.4 is 19.1 Å². The summed E-state index contributed by atoms with van der Waals surface area (Å²) >= 11 is 0. The molecule has 5 nitrogen and oxygen atoms in total. The summed E-state index contributed by atoms with van der Waals surface area (Å²) in [7, 11) is 6.63. The van der Waals surface area contributed by atoms with E-state index in [9.17, 15) is 4.79 Å². The molecular formula is C23H23NO4. The second kappa shape index (κ2) is 7.08. The van der Waals surface area contributed by atoms with Crippen molar-refractivity contribution >= 4 is 22.4 Å².